The number of hydrogen-bond donors (Lipinski definition) is 2. The number of rotatable bonds is 7. The molecular weight excluding hydrogens is 248 g/mol. The molecule has 3 nitrogen and oxygen atoms in total. The molecule has 3 N–H and O–H groups in total. The summed E-state index contributed by atoms with van der Waals surface area (Å²) in [5.74, 6) is 0.000431. The minimum atomic E-state index is 0.000431. The summed E-state index contributed by atoms with van der Waals surface area (Å²) in [6, 6.07) is 5.07. The topological polar surface area (TPSA) is 55.1 Å². The molecule has 0 aliphatic carbocycles. The molecule has 18 heavy (non-hydrogen) atoms. The summed E-state index contributed by atoms with van der Waals surface area (Å²) in [5, 5.41) is 3.37. The van der Waals surface area contributed by atoms with Crippen LogP contribution < -0.4 is 11.1 Å². The number of carbonyl (C=O) groups excluding carboxylic acids is 1. The van der Waals surface area contributed by atoms with E-state index >= 15 is 0 Å². The van der Waals surface area contributed by atoms with Crippen molar-refractivity contribution in [1.82, 2.24) is 0 Å². The maximum Gasteiger partial charge on any atom is 0.224 e. The molecule has 0 radical (unpaired) electrons. The smallest absolute Gasteiger partial charge is 0.224 e. The van der Waals surface area contributed by atoms with Crippen molar-refractivity contribution in [2.24, 2.45) is 0 Å². The molecule has 0 bridgehead atoms. The van der Waals surface area contributed by atoms with Crippen LogP contribution >= 0.6 is 11.6 Å². The van der Waals surface area contributed by atoms with Crippen molar-refractivity contribution >= 4 is 28.9 Å². The summed E-state index contributed by atoms with van der Waals surface area (Å²) in [5.41, 5.74) is 6.90. The van der Waals surface area contributed by atoms with Gasteiger partial charge in [-0.15, -0.1) is 0 Å². The fourth-order valence-corrected chi connectivity index (χ4v) is 1.91. The van der Waals surface area contributed by atoms with Gasteiger partial charge in [-0.2, -0.15) is 0 Å². The number of benzene rings is 1. The predicted molar refractivity (Wildman–Crippen MR) is 77.9 cm³/mol. The molecule has 0 aliphatic heterocycles. The minimum Gasteiger partial charge on any atom is -0.397 e. The molecule has 0 saturated carbocycles. The number of halogens is 1. The molecule has 1 aromatic rings. The Hall–Kier alpha value is -1.22. The monoisotopic (exact) mass is 268 g/mol. The summed E-state index contributed by atoms with van der Waals surface area (Å²) in [6.07, 6.45) is 6.21. The third-order valence-corrected chi connectivity index (χ3v) is 3.03. The third kappa shape index (κ3) is 5.41. The number of nitrogen functional groups attached to an aromatic ring is 1. The summed E-state index contributed by atoms with van der Waals surface area (Å²) >= 11 is 5.85. The van der Waals surface area contributed by atoms with Crippen LogP contribution in [0.15, 0.2) is 18.2 Å². The molecule has 0 aliphatic rings. The molecule has 0 heterocycles. The number of hydrogen-bond acceptors (Lipinski definition) is 2. The standard InChI is InChI=1S/C14H21ClN2O/c1-2-3-4-5-6-7-14(18)17-13-10-11(15)8-9-12(13)16/h8-10H,2-7,16H2,1H3,(H,17,18). The van der Waals surface area contributed by atoms with Crippen LogP contribution in [-0.2, 0) is 4.79 Å². The van der Waals surface area contributed by atoms with Crippen LogP contribution in [0.3, 0.4) is 0 Å². The van der Waals surface area contributed by atoms with Crippen LogP contribution in [-0.4, -0.2) is 5.91 Å². The zero-order chi connectivity index (χ0) is 13.4. The fraction of sp³-hybridized carbons (Fsp3) is 0.500. The van der Waals surface area contributed by atoms with Crippen molar-refractivity contribution in [3.05, 3.63) is 23.2 Å². The Balaban J connectivity index is 2.33. The Kier molecular flexibility index (Phi) is 6.58. The van der Waals surface area contributed by atoms with E-state index in [9.17, 15) is 4.79 Å². The van der Waals surface area contributed by atoms with Crippen LogP contribution in [0.4, 0.5) is 11.4 Å². The zero-order valence-electron chi connectivity index (χ0n) is 10.8. The molecule has 0 fully saturated rings. The third-order valence-electron chi connectivity index (χ3n) is 2.80. The average Bonchev–Trinajstić information content (AvgIpc) is 2.33. The maximum absolute atomic E-state index is 11.7. The Labute approximate surface area is 114 Å². The van der Waals surface area contributed by atoms with Gasteiger partial charge in [0.2, 0.25) is 5.91 Å². The molecule has 1 rings (SSSR count). The first-order chi connectivity index (χ1) is 8.63. The summed E-state index contributed by atoms with van der Waals surface area (Å²) in [7, 11) is 0. The second-order valence-corrected chi connectivity index (χ2v) is 4.88. The highest BCUT2D eigenvalue weighted by molar-refractivity contribution is 6.31. The highest BCUT2D eigenvalue weighted by Crippen LogP contribution is 2.23. The first-order valence-corrected chi connectivity index (χ1v) is 6.86. The molecule has 0 aromatic heterocycles. The first kappa shape index (κ1) is 14.8. The van der Waals surface area contributed by atoms with Crippen LogP contribution in [0.5, 0.6) is 0 Å². The molecule has 0 spiro atoms. The van der Waals surface area contributed by atoms with Gasteiger partial charge < -0.3 is 11.1 Å². The van der Waals surface area contributed by atoms with Gasteiger partial charge in [0, 0.05) is 11.4 Å². The Morgan fingerprint density at radius 2 is 2.00 bits per heavy atom. The summed E-state index contributed by atoms with van der Waals surface area (Å²) < 4.78 is 0. The van der Waals surface area contributed by atoms with Crippen molar-refractivity contribution in [2.75, 3.05) is 11.1 Å². The van der Waals surface area contributed by atoms with E-state index in [1.807, 2.05) is 0 Å². The molecule has 0 unspecified atom stereocenters. The number of nitrogens with one attached hydrogen (secondary N) is 1. The number of anilines is 2. The Bertz CT molecular complexity index is 393. The molecule has 1 aromatic carbocycles. The van der Waals surface area contributed by atoms with Gasteiger partial charge in [-0.3, -0.25) is 4.79 Å². The second-order valence-electron chi connectivity index (χ2n) is 4.44. The van der Waals surface area contributed by atoms with Gasteiger partial charge in [0.15, 0.2) is 0 Å². The van der Waals surface area contributed by atoms with Gasteiger partial charge in [-0.1, -0.05) is 44.2 Å². The Morgan fingerprint density at radius 1 is 1.28 bits per heavy atom. The van der Waals surface area contributed by atoms with Crippen molar-refractivity contribution < 1.29 is 4.79 Å². The number of carbonyl (C=O) groups is 1. The Morgan fingerprint density at radius 3 is 2.72 bits per heavy atom. The van der Waals surface area contributed by atoms with Gasteiger partial charge in [0.1, 0.15) is 0 Å². The maximum atomic E-state index is 11.7. The number of unbranched alkanes of at least 4 members (excludes halogenated alkanes) is 4. The predicted octanol–water partition coefficient (Wildman–Crippen LogP) is 4.22. The van der Waals surface area contributed by atoms with E-state index in [1.54, 1.807) is 18.2 Å². The van der Waals surface area contributed by atoms with Crippen molar-refractivity contribution in [1.29, 1.82) is 0 Å². The molecule has 1 amide bonds. The van der Waals surface area contributed by atoms with Gasteiger partial charge in [0.05, 0.1) is 11.4 Å². The lowest BCUT2D eigenvalue weighted by atomic mass is 10.1. The van der Waals surface area contributed by atoms with E-state index in [2.05, 4.69) is 12.2 Å². The lowest BCUT2D eigenvalue weighted by Crippen LogP contribution is -2.12. The fourth-order valence-electron chi connectivity index (χ4n) is 1.74. The SMILES string of the molecule is CCCCCCCC(=O)Nc1cc(Cl)ccc1N. The van der Waals surface area contributed by atoms with E-state index in [0.29, 0.717) is 22.8 Å². The second kappa shape index (κ2) is 7.98. The summed E-state index contributed by atoms with van der Waals surface area (Å²) in [4.78, 5) is 11.7. The quantitative estimate of drug-likeness (QED) is 0.575. The average molecular weight is 269 g/mol. The van der Waals surface area contributed by atoms with Gasteiger partial charge in [-0.25, -0.2) is 0 Å². The lowest BCUT2D eigenvalue weighted by molar-refractivity contribution is -0.116. The van der Waals surface area contributed by atoms with Crippen LogP contribution in [0.1, 0.15) is 45.4 Å². The van der Waals surface area contributed by atoms with Crippen molar-refractivity contribution in [3.8, 4) is 0 Å². The van der Waals surface area contributed by atoms with Crippen LogP contribution in [0.2, 0.25) is 5.02 Å². The number of amides is 1. The largest absolute Gasteiger partial charge is 0.397 e. The van der Waals surface area contributed by atoms with E-state index in [4.69, 9.17) is 17.3 Å². The highest BCUT2D eigenvalue weighted by Gasteiger charge is 2.05. The minimum absolute atomic E-state index is 0.000431. The lowest BCUT2D eigenvalue weighted by Gasteiger charge is -2.08. The van der Waals surface area contributed by atoms with E-state index in [-0.39, 0.29) is 5.91 Å². The van der Waals surface area contributed by atoms with E-state index in [0.717, 1.165) is 12.8 Å². The van der Waals surface area contributed by atoms with Crippen molar-refractivity contribution in [2.45, 2.75) is 45.4 Å². The summed E-state index contributed by atoms with van der Waals surface area (Å²) in [6.45, 7) is 2.18. The highest BCUT2D eigenvalue weighted by atomic mass is 35.5. The normalized spacial score (nSPS) is 10.3. The first-order valence-electron chi connectivity index (χ1n) is 6.48. The molecule has 4 heteroatoms. The van der Waals surface area contributed by atoms with Crippen LogP contribution in [0, 0.1) is 0 Å². The molecule has 100 valence electrons. The molecular formula is C14H21ClN2O. The molecule has 0 atom stereocenters. The van der Waals surface area contributed by atoms with E-state index < -0.39 is 0 Å². The molecule has 0 saturated heterocycles. The van der Waals surface area contributed by atoms with E-state index in [1.165, 1.54) is 19.3 Å². The number of nitrogens with two attached hydrogens (primary N) is 1. The van der Waals surface area contributed by atoms with Gasteiger partial charge in [-0.05, 0) is 24.6 Å². The van der Waals surface area contributed by atoms with Gasteiger partial charge >= 0.3 is 0 Å². The van der Waals surface area contributed by atoms with Crippen molar-refractivity contribution in [3.63, 3.8) is 0 Å². The van der Waals surface area contributed by atoms with Gasteiger partial charge in [0.25, 0.3) is 0 Å². The van der Waals surface area contributed by atoms with Crippen LogP contribution in [0.25, 0.3) is 0 Å². The zero-order valence-corrected chi connectivity index (χ0v) is 11.6.